The van der Waals surface area contributed by atoms with Crippen LogP contribution in [0.25, 0.3) is 0 Å². The van der Waals surface area contributed by atoms with E-state index in [0.29, 0.717) is 0 Å². The van der Waals surface area contributed by atoms with Crippen molar-refractivity contribution in [2.75, 3.05) is 0 Å². The molecule has 0 aliphatic carbocycles. The zero-order valence-corrected chi connectivity index (χ0v) is 9.97. The molecule has 0 amide bonds. The van der Waals surface area contributed by atoms with Gasteiger partial charge in [-0.3, -0.25) is 0 Å². The van der Waals surface area contributed by atoms with Crippen LogP contribution in [0.1, 0.15) is 39.5 Å². The normalized spacial score (nSPS) is 12.8. The number of hydrogen-bond donors (Lipinski definition) is 0. The van der Waals surface area contributed by atoms with Crippen LogP contribution >= 0.6 is 0 Å². The molecular formula is C11H22Si. The van der Waals surface area contributed by atoms with Gasteiger partial charge in [0.05, 0.1) is 0 Å². The molecule has 1 heteroatoms. The molecule has 0 aliphatic heterocycles. The largest absolute Gasteiger partial charge is 0.102 e. The molecule has 0 atom stereocenters. The smallest absolute Gasteiger partial charge is 0.0454 e. The number of unbranched alkanes of at least 4 members (excludes halogenated alkanes) is 2. The summed E-state index contributed by atoms with van der Waals surface area (Å²) in [6, 6.07) is 1.49. The first-order valence-electron chi connectivity index (χ1n) is 5.23. The molecule has 0 heterocycles. The molecule has 0 nitrogen and oxygen atoms in total. The third-order valence-corrected chi connectivity index (χ3v) is 3.36. The van der Waals surface area contributed by atoms with E-state index in [1.165, 1.54) is 25.3 Å². The van der Waals surface area contributed by atoms with Gasteiger partial charge in [0.25, 0.3) is 0 Å². The molecular weight excluding hydrogens is 160 g/mol. The molecule has 0 aromatic rings. The highest BCUT2D eigenvalue weighted by atomic mass is 28.2. The fourth-order valence-corrected chi connectivity index (χ4v) is 2.31. The van der Waals surface area contributed by atoms with Crippen LogP contribution in [0, 0.1) is 0 Å². The van der Waals surface area contributed by atoms with Crippen molar-refractivity contribution in [3.05, 3.63) is 23.9 Å². The van der Waals surface area contributed by atoms with Crippen molar-refractivity contribution in [2.24, 2.45) is 0 Å². The molecule has 0 aromatic carbocycles. The van der Waals surface area contributed by atoms with Crippen molar-refractivity contribution < 1.29 is 0 Å². The summed E-state index contributed by atoms with van der Waals surface area (Å²) in [5.74, 6) is 0. The fraction of sp³-hybridized carbons (Fsp3) is 0.636. The lowest BCUT2D eigenvalue weighted by atomic mass is 10.3. The average Bonchev–Trinajstić information content (AvgIpc) is 2.10. The molecule has 0 saturated carbocycles. The van der Waals surface area contributed by atoms with Crippen molar-refractivity contribution in [3.8, 4) is 0 Å². The Morgan fingerprint density at radius 3 is 2.58 bits per heavy atom. The molecule has 0 unspecified atom stereocenters. The van der Waals surface area contributed by atoms with Crippen LogP contribution in [0.4, 0.5) is 0 Å². The van der Waals surface area contributed by atoms with Crippen molar-refractivity contribution in [3.63, 3.8) is 0 Å². The van der Waals surface area contributed by atoms with Gasteiger partial charge >= 0.3 is 0 Å². The molecule has 0 rings (SSSR count). The Kier molecular flexibility index (Phi) is 10.4. The minimum atomic E-state index is 0.131. The molecule has 0 radical (unpaired) electrons. The van der Waals surface area contributed by atoms with Gasteiger partial charge in [0, 0.05) is 9.52 Å². The quantitative estimate of drug-likeness (QED) is 0.322. The van der Waals surface area contributed by atoms with Crippen molar-refractivity contribution in [1.29, 1.82) is 0 Å². The highest BCUT2D eigenvalue weighted by Gasteiger charge is 1.83. The van der Waals surface area contributed by atoms with Gasteiger partial charge in [0.2, 0.25) is 0 Å². The minimum absolute atomic E-state index is 0.131. The van der Waals surface area contributed by atoms with Crippen LogP contribution in [-0.2, 0) is 0 Å². The summed E-state index contributed by atoms with van der Waals surface area (Å²) in [7, 11) is 0.131. The maximum absolute atomic E-state index is 2.40. The van der Waals surface area contributed by atoms with Gasteiger partial charge < -0.3 is 0 Å². The van der Waals surface area contributed by atoms with Crippen LogP contribution in [0.5, 0.6) is 0 Å². The minimum Gasteiger partial charge on any atom is -0.102 e. The lowest BCUT2D eigenvalue weighted by Gasteiger charge is -1.92. The van der Waals surface area contributed by atoms with Gasteiger partial charge in [-0.15, -0.1) is 5.70 Å². The standard InChI is InChI=1S/C11H22Si/c1-3-5-7-9-11-12-10-8-6-4-2/h5,7,9,11H,3-4,6,8,10,12H2,1-2H3. The Morgan fingerprint density at radius 2 is 1.92 bits per heavy atom. The van der Waals surface area contributed by atoms with Crippen LogP contribution in [0.15, 0.2) is 23.9 Å². The molecule has 0 saturated heterocycles. The van der Waals surface area contributed by atoms with Gasteiger partial charge in [-0.2, -0.15) is 0 Å². The van der Waals surface area contributed by atoms with E-state index in [2.05, 4.69) is 37.8 Å². The first-order chi connectivity index (χ1) is 5.91. The lowest BCUT2D eigenvalue weighted by Crippen LogP contribution is -1.83. The molecule has 0 bridgehead atoms. The Labute approximate surface area is 79.6 Å². The summed E-state index contributed by atoms with van der Waals surface area (Å²) in [5.41, 5.74) is 2.40. The number of hydrogen-bond acceptors (Lipinski definition) is 0. The summed E-state index contributed by atoms with van der Waals surface area (Å²) in [4.78, 5) is 0. The summed E-state index contributed by atoms with van der Waals surface area (Å²) in [6.45, 7) is 4.43. The van der Waals surface area contributed by atoms with Gasteiger partial charge in [-0.1, -0.05) is 57.4 Å². The second-order valence-electron chi connectivity index (χ2n) is 3.11. The third-order valence-electron chi connectivity index (χ3n) is 1.84. The van der Waals surface area contributed by atoms with E-state index in [4.69, 9.17) is 0 Å². The van der Waals surface area contributed by atoms with Gasteiger partial charge in [0.15, 0.2) is 0 Å². The number of rotatable bonds is 7. The maximum atomic E-state index is 2.40. The van der Waals surface area contributed by atoms with Crippen LogP contribution in [-0.4, -0.2) is 9.52 Å². The summed E-state index contributed by atoms with van der Waals surface area (Å²) in [6.07, 6.45) is 12.0. The fourth-order valence-electron chi connectivity index (χ4n) is 1.08. The predicted octanol–water partition coefficient (Wildman–Crippen LogP) is 3.24. The Balaban J connectivity index is 3.07. The second-order valence-corrected chi connectivity index (χ2v) is 4.87. The summed E-state index contributed by atoms with van der Waals surface area (Å²) < 4.78 is 0. The zero-order valence-electron chi connectivity index (χ0n) is 8.55. The van der Waals surface area contributed by atoms with Crippen LogP contribution in [0.3, 0.4) is 0 Å². The van der Waals surface area contributed by atoms with Gasteiger partial charge in [-0.25, -0.2) is 0 Å². The first kappa shape index (κ1) is 11.7. The van der Waals surface area contributed by atoms with Crippen molar-refractivity contribution >= 4 is 9.52 Å². The SMILES string of the molecule is CCC=CC=C[SiH2]CCCCC. The lowest BCUT2D eigenvalue weighted by molar-refractivity contribution is 0.769. The third kappa shape index (κ3) is 9.70. The second kappa shape index (κ2) is 10.7. The Hall–Kier alpha value is -0.303. The Morgan fingerprint density at radius 1 is 1.08 bits per heavy atom. The predicted molar refractivity (Wildman–Crippen MR) is 61.4 cm³/mol. The van der Waals surface area contributed by atoms with E-state index in [0.717, 1.165) is 6.42 Å². The van der Waals surface area contributed by atoms with E-state index in [1.54, 1.807) is 0 Å². The molecule has 0 aromatic heterocycles. The van der Waals surface area contributed by atoms with E-state index in [9.17, 15) is 0 Å². The molecule has 0 aliphatic rings. The number of allylic oxidation sites excluding steroid dienone is 3. The summed E-state index contributed by atoms with van der Waals surface area (Å²) in [5, 5.41) is 0. The topological polar surface area (TPSA) is 0 Å². The maximum Gasteiger partial charge on any atom is 0.0454 e. The van der Waals surface area contributed by atoms with E-state index in [-0.39, 0.29) is 9.52 Å². The highest BCUT2D eigenvalue weighted by Crippen LogP contribution is 1.98. The van der Waals surface area contributed by atoms with E-state index in [1.807, 2.05) is 0 Å². The van der Waals surface area contributed by atoms with E-state index >= 15 is 0 Å². The van der Waals surface area contributed by atoms with Crippen molar-refractivity contribution in [1.82, 2.24) is 0 Å². The molecule has 0 N–H and O–H groups in total. The molecule has 70 valence electrons. The van der Waals surface area contributed by atoms with Crippen LogP contribution < -0.4 is 0 Å². The van der Waals surface area contributed by atoms with Crippen molar-refractivity contribution in [2.45, 2.75) is 45.6 Å². The van der Waals surface area contributed by atoms with Crippen LogP contribution in [0.2, 0.25) is 6.04 Å². The first-order valence-corrected chi connectivity index (χ1v) is 7.05. The molecule has 12 heavy (non-hydrogen) atoms. The zero-order chi connectivity index (χ0) is 9.07. The average molecular weight is 182 g/mol. The van der Waals surface area contributed by atoms with Gasteiger partial charge in [0.1, 0.15) is 0 Å². The molecule has 0 spiro atoms. The monoisotopic (exact) mass is 182 g/mol. The van der Waals surface area contributed by atoms with Gasteiger partial charge in [-0.05, 0) is 6.42 Å². The highest BCUT2D eigenvalue weighted by molar-refractivity contribution is 6.41. The summed E-state index contributed by atoms with van der Waals surface area (Å²) >= 11 is 0. The van der Waals surface area contributed by atoms with E-state index < -0.39 is 0 Å². The molecule has 0 fully saturated rings. The Bertz CT molecular complexity index is 125.